The summed E-state index contributed by atoms with van der Waals surface area (Å²) in [5.41, 5.74) is 1.61. The summed E-state index contributed by atoms with van der Waals surface area (Å²) in [5.74, 6) is 1.59. The van der Waals surface area contributed by atoms with E-state index in [1.54, 1.807) is 17.0 Å². The van der Waals surface area contributed by atoms with Gasteiger partial charge in [0.1, 0.15) is 0 Å². The van der Waals surface area contributed by atoms with Crippen molar-refractivity contribution >= 4 is 45.2 Å². The molecule has 2 aliphatic heterocycles. The zero-order valence-corrected chi connectivity index (χ0v) is 17.9. The number of benzene rings is 1. The second kappa shape index (κ2) is 8.28. The molecular formula is C19H23NO5S3. The molecule has 3 fully saturated rings. The molecule has 6 nitrogen and oxygen atoms in total. The van der Waals surface area contributed by atoms with Gasteiger partial charge in [-0.25, -0.2) is 13.2 Å². The number of nitrogens with zero attached hydrogens (tertiary/aromatic N) is 1. The Bertz CT molecular complexity index is 845. The number of hydrogen-bond donors (Lipinski definition) is 0. The third kappa shape index (κ3) is 4.68. The van der Waals surface area contributed by atoms with Crippen LogP contribution in [-0.4, -0.2) is 66.9 Å². The summed E-state index contributed by atoms with van der Waals surface area (Å²) < 4.78 is 29.2. The minimum absolute atomic E-state index is 0.0157. The zero-order valence-electron chi connectivity index (χ0n) is 15.4. The van der Waals surface area contributed by atoms with Crippen molar-refractivity contribution in [2.24, 2.45) is 0 Å². The molecule has 2 saturated heterocycles. The highest BCUT2D eigenvalue weighted by molar-refractivity contribution is 8.19. The first-order valence-electron chi connectivity index (χ1n) is 9.45. The van der Waals surface area contributed by atoms with Gasteiger partial charge in [0.2, 0.25) is 0 Å². The fourth-order valence-electron chi connectivity index (χ4n) is 3.67. The molecule has 1 saturated carbocycles. The normalized spacial score (nSPS) is 24.2. The molecule has 0 unspecified atom stereocenters. The smallest absolute Gasteiger partial charge is 0.338 e. The second-order valence-electron chi connectivity index (χ2n) is 7.36. The van der Waals surface area contributed by atoms with Gasteiger partial charge >= 0.3 is 5.97 Å². The Hall–Kier alpha value is -1.19. The van der Waals surface area contributed by atoms with Crippen LogP contribution in [0.25, 0.3) is 0 Å². The van der Waals surface area contributed by atoms with Crippen LogP contribution in [0.15, 0.2) is 24.3 Å². The van der Waals surface area contributed by atoms with E-state index in [9.17, 15) is 18.0 Å². The molecule has 0 radical (unpaired) electrons. The fraction of sp³-hybridized carbons (Fsp3) is 0.579. The van der Waals surface area contributed by atoms with E-state index in [-0.39, 0.29) is 36.1 Å². The monoisotopic (exact) mass is 441 g/mol. The van der Waals surface area contributed by atoms with Crippen LogP contribution in [0.5, 0.6) is 0 Å². The van der Waals surface area contributed by atoms with Crippen molar-refractivity contribution in [1.82, 2.24) is 4.90 Å². The molecule has 1 aromatic carbocycles. The maximum atomic E-state index is 12.6. The van der Waals surface area contributed by atoms with Gasteiger partial charge in [-0.1, -0.05) is 12.1 Å². The molecule has 4 rings (SSSR count). The standard InChI is InChI=1S/C19H23NO5S3/c21-17(20(15-5-6-15)16-7-10-28(23,24)12-16)11-25-18(22)13-1-3-14(4-2-13)19-26-8-9-27-19/h1-4,15-16,19H,5-12H2/t16-/m0/s1. The Kier molecular flexibility index (Phi) is 5.94. The lowest BCUT2D eigenvalue weighted by Gasteiger charge is -2.28. The Balaban J connectivity index is 1.33. The van der Waals surface area contributed by atoms with Crippen molar-refractivity contribution in [2.45, 2.75) is 35.9 Å². The number of carbonyl (C=O) groups excluding carboxylic acids is 2. The number of thioether (sulfide) groups is 2. The van der Waals surface area contributed by atoms with Crippen LogP contribution < -0.4 is 0 Å². The summed E-state index contributed by atoms with van der Waals surface area (Å²) in [7, 11) is -3.07. The Morgan fingerprint density at radius 3 is 2.29 bits per heavy atom. The van der Waals surface area contributed by atoms with Crippen molar-refractivity contribution in [2.75, 3.05) is 29.6 Å². The molecule has 0 aromatic heterocycles. The average molecular weight is 442 g/mol. The topological polar surface area (TPSA) is 80.8 Å². The maximum Gasteiger partial charge on any atom is 0.338 e. The molecular weight excluding hydrogens is 418 g/mol. The number of rotatable bonds is 6. The quantitative estimate of drug-likeness (QED) is 0.628. The van der Waals surface area contributed by atoms with E-state index < -0.39 is 15.8 Å². The van der Waals surface area contributed by atoms with Gasteiger partial charge in [0.15, 0.2) is 16.4 Å². The van der Waals surface area contributed by atoms with Crippen LogP contribution in [0.4, 0.5) is 0 Å². The number of hydrogen-bond acceptors (Lipinski definition) is 7. The molecule has 2 heterocycles. The largest absolute Gasteiger partial charge is 0.452 e. The van der Waals surface area contributed by atoms with E-state index in [2.05, 4.69) is 0 Å². The predicted octanol–water partition coefficient (Wildman–Crippen LogP) is 2.50. The summed E-state index contributed by atoms with van der Waals surface area (Å²) in [4.78, 5) is 26.6. The van der Waals surface area contributed by atoms with Gasteiger partial charge < -0.3 is 9.64 Å². The Morgan fingerprint density at radius 1 is 1.04 bits per heavy atom. The predicted molar refractivity (Wildman–Crippen MR) is 111 cm³/mol. The van der Waals surface area contributed by atoms with Crippen LogP contribution in [-0.2, 0) is 19.4 Å². The molecule has 1 aliphatic carbocycles. The summed E-state index contributed by atoms with van der Waals surface area (Å²) >= 11 is 3.80. The minimum atomic E-state index is -3.07. The molecule has 0 spiro atoms. The number of sulfone groups is 1. The third-order valence-corrected chi connectivity index (χ3v) is 10.1. The lowest BCUT2D eigenvalue weighted by Crippen LogP contribution is -2.44. The molecule has 28 heavy (non-hydrogen) atoms. The van der Waals surface area contributed by atoms with Gasteiger partial charge in [0.25, 0.3) is 5.91 Å². The highest BCUT2D eigenvalue weighted by atomic mass is 32.2. The van der Waals surface area contributed by atoms with E-state index in [0.717, 1.165) is 24.3 Å². The number of ether oxygens (including phenoxy) is 1. The minimum Gasteiger partial charge on any atom is -0.452 e. The van der Waals surface area contributed by atoms with Crippen LogP contribution in [0, 0.1) is 0 Å². The molecule has 1 aromatic rings. The lowest BCUT2D eigenvalue weighted by atomic mass is 10.1. The first-order chi connectivity index (χ1) is 13.4. The zero-order chi connectivity index (χ0) is 19.7. The first kappa shape index (κ1) is 20.1. The van der Waals surface area contributed by atoms with Gasteiger partial charge in [0, 0.05) is 23.6 Å². The van der Waals surface area contributed by atoms with Gasteiger partial charge in [-0.3, -0.25) is 4.79 Å². The summed E-state index contributed by atoms with van der Waals surface area (Å²) in [6.07, 6.45) is 2.24. The van der Waals surface area contributed by atoms with Gasteiger partial charge in [-0.05, 0) is 37.0 Å². The van der Waals surface area contributed by atoms with Crippen molar-refractivity contribution in [3.8, 4) is 0 Å². The fourth-order valence-corrected chi connectivity index (χ4v) is 8.24. The van der Waals surface area contributed by atoms with Crippen LogP contribution in [0.3, 0.4) is 0 Å². The summed E-state index contributed by atoms with van der Waals surface area (Å²) in [6.45, 7) is -0.345. The van der Waals surface area contributed by atoms with Crippen LogP contribution in [0.2, 0.25) is 0 Å². The molecule has 1 atom stereocenters. The van der Waals surface area contributed by atoms with Crippen LogP contribution in [0.1, 0.15) is 39.8 Å². The van der Waals surface area contributed by atoms with Crippen molar-refractivity contribution in [3.63, 3.8) is 0 Å². The van der Waals surface area contributed by atoms with Gasteiger partial charge in [-0.2, -0.15) is 0 Å². The molecule has 3 aliphatic rings. The average Bonchev–Trinajstić information content (AvgIpc) is 3.21. The van der Waals surface area contributed by atoms with Crippen molar-refractivity contribution < 1.29 is 22.7 Å². The molecule has 1 amide bonds. The van der Waals surface area contributed by atoms with Gasteiger partial charge in [0.05, 0.1) is 21.7 Å². The summed E-state index contributed by atoms with van der Waals surface area (Å²) in [5, 5.41) is 0. The summed E-state index contributed by atoms with van der Waals surface area (Å²) in [6, 6.07) is 7.16. The maximum absolute atomic E-state index is 12.6. The van der Waals surface area contributed by atoms with Crippen molar-refractivity contribution in [1.29, 1.82) is 0 Å². The van der Waals surface area contributed by atoms with E-state index in [4.69, 9.17) is 4.74 Å². The van der Waals surface area contributed by atoms with E-state index >= 15 is 0 Å². The molecule has 0 N–H and O–H groups in total. The molecule has 152 valence electrons. The van der Waals surface area contributed by atoms with E-state index in [0.29, 0.717) is 16.6 Å². The van der Waals surface area contributed by atoms with Crippen LogP contribution >= 0.6 is 23.5 Å². The molecule has 0 bridgehead atoms. The van der Waals surface area contributed by atoms with E-state index in [1.165, 1.54) is 5.56 Å². The number of esters is 1. The SMILES string of the molecule is O=C(OCC(=O)N(C1CC1)[C@H]1CCS(=O)(=O)C1)c1ccc(C2SCCS2)cc1. The molecule has 9 heteroatoms. The lowest BCUT2D eigenvalue weighted by molar-refractivity contribution is -0.137. The highest BCUT2D eigenvalue weighted by Crippen LogP contribution is 2.45. The Morgan fingerprint density at radius 2 is 1.71 bits per heavy atom. The van der Waals surface area contributed by atoms with Gasteiger partial charge in [-0.15, -0.1) is 23.5 Å². The van der Waals surface area contributed by atoms with Crippen molar-refractivity contribution in [3.05, 3.63) is 35.4 Å². The highest BCUT2D eigenvalue weighted by Gasteiger charge is 2.42. The second-order valence-corrected chi connectivity index (χ2v) is 12.3. The number of amides is 1. The third-order valence-electron chi connectivity index (χ3n) is 5.20. The van der Waals surface area contributed by atoms with E-state index in [1.807, 2.05) is 35.7 Å². The number of carbonyl (C=O) groups is 2. The first-order valence-corrected chi connectivity index (χ1v) is 13.4. The Labute approximate surface area is 173 Å².